The zero-order chi connectivity index (χ0) is 15.6. The van der Waals surface area contributed by atoms with Crippen LogP contribution in [-0.4, -0.2) is 29.5 Å². The molecule has 6 heteroatoms. The third-order valence-corrected chi connectivity index (χ3v) is 4.63. The molecular weight excluding hydrogens is 336 g/mol. The molecule has 1 heterocycles. The molecule has 114 valence electrons. The average Bonchev–Trinajstić information content (AvgIpc) is 2.72. The zero-order valence-electron chi connectivity index (χ0n) is 12.4. The predicted octanol–water partition coefficient (Wildman–Crippen LogP) is 3.07. The highest BCUT2D eigenvalue weighted by atomic mass is 79.9. The van der Waals surface area contributed by atoms with E-state index in [2.05, 4.69) is 21.2 Å². The monoisotopic (exact) mass is 354 g/mol. The fraction of sp³-hybridized carbons (Fsp3) is 0.467. The van der Waals surface area contributed by atoms with Crippen LogP contribution in [0, 0.1) is 0 Å². The number of imide groups is 1. The van der Waals surface area contributed by atoms with Crippen LogP contribution in [-0.2, 0) is 11.3 Å². The van der Waals surface area contributed by atoms with Crippen LogP contribution in [0.2, 0.25) is 0 Å². The molecule has 5 nitrogen and oxygen atoms in total. The lowest BCUT2D eigenvalue weighted by atomic mass is 9.93. The molecule has 0 bridgehead atoms. The van der Waals surface area contributed by atoms with Crippen LogP contribution in [0.5, 0.6) is 5.75 Å². The molecule has 0 radical (unpaired) electrons. The van der Waals surface area contributed by atoms with Gasteiger partial charge in [0.15, 0.2) is 0 Å². The van der Waals surface area contributed by atoms with Crippen LogP contribution in [0.15, 0.2) is 22.7 Å². The van der Waals surface area contributed by atoms with Gasteiger partial charge in [-0.1, -0.05) is 19.9 Å². The number of carbonyl (C=O) groups is 2. The van der Waals surface area contributed by atoms with Crippen molar-refractivity contribution in [3.63, 3.8) is 0 Å². The van der Waals surface area contributed by atoms with E-state index in [0.29, 0.717) is 18.6 Å². The van der Waals surface area contributed by atoms with Gasteiger partial charge >= 0.3 is 6.03 Å². The lowest BCUT2D eigenvalue weighted by molar-refractivity contribution is -0.132. The van der Waals surface area contributed by atoms with Gasteiger partial charge in [0, 0.05) is 0 Å². The van der Waals surface area contributed by atoms with Crippen LogP contribution in [0.3, 0.4) is 0 Å². The van der Waals surface area contributed by atoms with Crippen molar-refractivity contribution in [2.24, 2.45) is 0 Å². The third kappa shape index (κ3) is 2.77. The molecular formula is C15H19BrN2O3. The smallest absolute Gasteiger partial charge is 0.325 e. The van der Waals surface area contributed by atoms with Crippen LogP contribution in [0.25, 0.3) is 0 Å². The Morgan fingerprint density at radius 1 is 1.29 bits per heavy atom. The Balaban J connectivity index is 2.22. The summed E-state index contributed by atoms with van der Waals surface area (Å²) in [4.78, 5) is 25.9. The van der Waals surface area contributed by atoms with Crippen molar-refractivity contribution in [1.29, 1.82) is 0 Å². The minimum Gasteiger partial charge on any atom is -0.496 e. The third-order valence-electron chi connectivity index (χ3n) is 4.01. The first-order chi connectivity index (χ1) is 9.97. The number of hydrogen-bond donors (Lipinski definition) is 1. The maximum Gasteiger partial charge on any atom is 0.325 e. The molecule has 1 saturated heterocycles. The van der Waals surface area contributed by atoms with Crippen LogP contribution < -0.4 is 10.1 Å². The standard InChI is InChI=1S/C15H19BrN2O3/c1-4-15(5-2)13(19)18(14(20)17-15)9-10-6-7-12(21-3)11(16)8-10/h6-8H,4-5,9H2,1-3H3,(H,17,20). The van der Waals surface area contributed by atoms with Gasteiger partial charge in [0.1, 0.15) is 11.3 Å². The Labute approximate surface area is 132 Å². The van der Waals surface area contributed by atoms with E-state index in [-0.39, 0.29) is 18.5 Å². The van der Waals surface area contributed by atoms with Crippen molar-refractivity contribution in [3.05, 3.63) is 28.2 Å². The average molecular weight is 355 g/mol. The van der Waals surface area contributed by atoms with E-state index < -0.39 is 5.54 Å². The molecule has 0 spiro atoms. The summed E-state index contributed by atoms with van der Waals surface area (Å²) in [7, 11) is 1.59. The fourth-order valence-electron chi connectivity index (χ4n) is 2.54. The number of benzene rings is 1. The Kier molecular flexibility index (Phi) is 4.56. The summed E-state index contributed by atoms with van der Waals surface area (Å²) < 4.78 is 5.97. The van der Waals surface area contributed by atoms with E-state index in [4.69, 9.17) is 4.74 Å². The lowest BCUT2D eigenvalue weighted by Crippen LogP contribution is -2.45. The normalized spacial score (nSPS) is 17.0. The quantitative estimate of drug-likeness (QED) is 0.826. The van der Waals surface area contributed by atoms with Crippen LogP contribution in [0.4, 0.5) is 4.79 Å². The zero-order valence-corrected chi connectivity index (χ0v) is 14.0. The number of carbonyl (C=O) groups excluding carboxylic acids is 2. The summed E-state index contributed by atoms with van der Waals surface area (Å²) in [5, 5.41) is 2.83. The summed E-state index contributed by atoms with van der Waals surface area (Å²) in [5.41, 5.74) is 0.120. The van der Waals surface area contributed by atoms with Gasteiger partial charge in [-0.2, -0.15) is 0 Å². The number of halogens is 1. The second-order valence-corrected chi connectivity index (χ2v) is 5.93. The lowest BCUT2D eigenvalue weighted by Gasteiger charge is -2.23. The minimum absolute atomic E-state index is 0.149. The molecule has 1 aromatic carbocycles. The van der Waals surface area contributed by atoms with Gasteiger partial charge in [0.05, 0.1) is 18.1 Å². The molecule has 1 fully saturated rings. The molecule has 1 aliphatic heterocycles. The number of rotatable bonds is 5. The minimum atomic E-state index is -0.749. The first kappa shape index (κ1) is 15.8. The highest BCUT2D eigenvalue weighted by Crippen LogP contribution is 2.29. The van der Waals surface area contributed by atoms with Gasteiger partial charge in [0.25, 0.3) is 5.91 Å². The van der Waals surface area contributed by atoms with E-state index in [1.54, 1.807) is 7.11 Å². The largest absolute Gasteiger partial charge is 0.496 e. The van der Waals surface area contributed by atoms with Gasteiger partial charge in [-0.25, -0.2) is 4.79 Å². The second-order valence-electron chi connectivity index (χ2n) is 5.08. The van der Waals surface area contributed by atoms with Crippen LogP contribution in [0.1, 0.15) is 32.3 Å². The van der Waals surface area contributed by atoms with Gasteiger partial charge in [0.2, 0.25) is 0 Å². The number of nitrogens with zero attached hydrogens (tertiary/aromatic N) is 1. The molecule has 0 unspecified atom stereocenters. The van der Waals surface area contributed by atoms with E-state index >= 15 is 0 Å². The maximum atomic E-state index is 12.5. The Morgan fingerprint density at radius 3 is 2.43 bits per heavy atom. The molecule has 3 amide bonds. The Morgan fingerprint density at radius 2 is 1.95 bits per heavy atom. The second kappa shape index (κ2) is 6.05. The topological polar surface area (TPSA) is 58.6 Å². The number of nitrogens with one attached hydrogen (secondary N) is 1. The summed E-state index contributed by atoms with van der Waals surface area (Å²) in [5.74, 6) is 0.567. The molecule has 0 aromatic heterocycles. The Bertz CT molecular complexity index is 570. The molecule has 0 atom stereocenters. The van der Waals surface area contributed by atoms with Crippen molar-refractivity contribution in [2.45, 2.75) is 38.8 Å². The van der Waals surface area contributed by atoms with Gasteiger partial charge in [-0.15, -0.1) is 0 Å². The van der Waals surface area contributed by atoms with E-state index in [9.17, 15) is 9.59 Å². The Hall–Kier alpha value is -1.56. The number of ether oxygens (including phenoxy) is 1. The van der Waals surface area contributed by atoms with Gasteiger partial charge in [-0.3, -0.25) is 9.69 Å². The molecule has 1 N–H and O–H groups in total. The molecule has 0 aliphatic carbocycles. The van der Waals surface area contributed by atoms with E-state index in [0.717, 1.165) is 10.0 Å². The number of methoxy groups -OCH3 is 1. The van der Waals surface area contributed by atoms with Crippen molar-refractivity contribution in [2.75, 3.05) is 7.11 Å². The molecule has 2 rings (SSSR count). The van der Waals surface area contributed by atoms with Crippen molar-refractivity contribution in [3.8, 4) is 5.75 Å². The highest BCUT2D eigenvalue weighted by Gasteiger charge is 2.48. The molecule has 1 aromatic rings. The number of hydrogen-bond acceptors (Lipinski definition) is 3. The first-order valence-corrected chi connectivity index (χ1v) is 7.73. The summed E-state index contributed by atoms with van der Waals surface area (Å²) in [6.45, 7) is 4.08. The van der Waals surface area contributed by atoms with Crippen LogP contribution >= 0.6 is 15.9 Å². The summed E-state index contributed by atoms with van der Waals surface area (Å²) in [6, 6.07) is 5.19. The molecule has 21 heavy (non-hydrogen) atoms. The SMILES string of the molecule is CCC1(CC)NC(=O)N(Cc2ccc(OC)c(Br)c2)C1=O. The fourth-order valence-corrected chi connectivity index (χ4v) is 3.13. The number of amides is 3. The van der Waals surface area contributed by atoms with Gasteiger partial charge in [-0.05, 0) is 46.5 Å². The highest BCUT2D eigenvalue weighted by molar-refractivity contribution is 9.10. The molecule has 0 saturated carbocycles. The summed E-state index contributed by atoms with van der Waals surface area (Å²) >= 11 is 3.41. The van der Waals surface area contributed by atoms with Gasteiger partial charge < -0.3 is 10.1 Å². The molecule has 1 aliphatic rings. The van der Waals surface area contributed by atoms with Crippen molar-refractivity contribution >= 4 is 27.9 Å². The maximum absolute atomic E-state index is 12.5. The summed E-state index contributed by atoms with van der Waals surface area (Å²) in [6.07, 6.45) is 1.19. The predicted molar refractivity (Wildman–Crippen MR) is 83.1 cm³/mol. The van der Waals surface area contributed by atoms with E-state index in [1.807, 2.05) is 32.0 Å². The van der Waals surface area contributed by atoms with Crippen molar-refractivity contribution < 1.29 is 14.3 Å². The van der Waals surface area contributed by atoms with E-state index in [1.165, 1.54) is 4.90 Å². The first-order valence-electron chi connectivity index (χ1n) is 6.94. The number of urea groups is 1. The van der Waals surface area contributed by atoms with Crippen molar-refractivity contribution in [1.82, 2.24) is 10.2 Å².